The Kier molecular flexibility index (Phi) is 9.40. The van der Waals surface area contributed by atoms with Gasteiger partial charge in [-0.1, -0.05) is 44.2 Å². The van der Waals surface area contributed by atoms with Crippen molar-refractivity contribution in [3.05, 3.63) is 42.5 Å². The third kappa shape index (κ3) is 9.83. The molecule has 0 aliphatic heterocycles. The molecule has 23 heavy (non-hydrogen) atoms. The van der Waals surface area contributed by atoms with Gasteiger partial charge in [0.05, 0.1) is 4.90 Å². The minimum atomic E-state index is -4.02. The van der Waals surface area contributed by atoms with Crippen LogP contribution in [0.1, 0.15) is 25.8 Å². The summed E-state index contributed by atoms with van der Waals surface area (Å²) >= 11 is 0. The van der Waals surface area contributed by atoms with E-state index in [1.165, 1.54) is 18.2 Å². The van der Waals surface area contributed by atoms with Gasteiger partial charge in [-0.2, -0.15) is 8.42 Å². The van der Waals surface area contributed by atoms with Crippen LogP contribution in [0.15, 0.2) is 41.8 Å². The molecule has 1 unspecified atom stereocenters. The molecule has 1 atom stereocenters. The number of carbonyl (C=O) groups excluding carboxylic acids is 1. The smallest absolute Gasteiger partial charge is 0.323 e. The Balaban J connectivity index is 0.000000422. The van der Waals surface area contributed by atoms with E-state index in [2.05, 4.69) is 6.58 Å². The van der Waals surface area contributed by atoms with E-state index in [9.17, 15) is 13.2 Å². The Morgan fingerprint density at radius 2 is 1.87 bits per heavy atom. The Morgan fingerprint density at radius 1 is 1.35 bits per heavy atom. The van der Waals surface area contributed by atoms with Crippen molar-refractivity contribution in [3.8, 4) is 0 Å². The van der Waals surface area contributed by atoms with Gasteiger partial charge in [0.25, 0.3) is 10.1 Å². The summed E-state index contributed by atoms with van der Waals surface area (Å²) in [7, 11) is -4.02. The van der Waals surface area contributed by atoms with Gasteiger partial charge in [0, 0.05) is 0 Å². The highest BCUT2D eigenvalue weighted by atomic mass is 32.2. The predicted molar refractivity (Wildman–Crippen MR) is 89.6 cm³/mol. The summed E-state index contributed by atoms with van der Waals surface area (Å²) in [6.07, 6.45) is 2.19. The number of carbonyl (C=O) groups is 1. The molecule has 0 bridgehead atoms. The van der Waals surface area contributed by atoms with Crippen molar-refractivity contribution in [2.45, 2.75) is 38.1 Å². The summed E-state index contributed by atoms with van der Waals surface area (Å²) in [6.45, 7) is 9.55. The lowest BCUT2D eigenvalue weighted by molar-refractivity contribution is -0.144. The van der Waals surface area contributed by atoms with Crippen molar-refractivity contribution in [1.29, 1.82) is 0 Å². The van der Waals surface area contributed by atoms with Crippen molar-refractivity contribution >= 4 is 16.1 Å². The summed E-state index contributed by atoms with van der Waals surface area (Å²) in [5.41, 5.74) is 6.51. The van der Waals surface area contributed by atoms with Gasteiger partial charge in [0.15, 0.2) is 0 Å². The van der Waals surface area contributed by atoms with Crippen molar-refractivity contribution in [1.82, 2.24) is 0 Å². The Hall–Kier alpha value is -1.70. The van der Waals surface area contributed by atoms with Gasteiger partial charge in [-0.05, 0) is 31.4 Å². The molecule has 1 aromatic rings. The van der Waals surface area contributed by atoms with Crippen LogP contribution in [0, 0.1) is 12.8 Å². The van der Waals surface area contributed by atoms with Gasteiger partial charge < -0.3 is 10.5 Å². The van der Waals surface area contributed by atoms with Crippen LogP contribution in [-0.2, 0) is 19.6 Å². The molecular formula is C16H25NO5S. The number of nitrogens with two attached hydrogens (primary N) is 1. The maximum Gasteiger partial charge on any atom is 0.323 e. The summed E-state index contributed by atoms with van der Waals surface area (Å²) < 4.78 is 34.3. The minimum Gasteiger partial charge on any atom is -0.460 e. The minimum absolute atomic E-state index is 0.0666. The molecule has 0 amide bonds. The fourth-order valence-electron chi connectivity index (χ4n) is 1.56. The Morgan fingerprint density at radius 3 is 2.26 bits per heavy atom. The van der Waals surface area contributed by atoms with Crippen LogP contribution in [0.25, 0.3) is 0 Å². The van der Waals surface area contributed by atoms with Crippen LogP contribution >= 0.6 is 0 Å². The van der Waals surface area contributed by atoms with Crippen molar-refractivity contribution in [2.24, 2.45) is 11.7 Å². The lowest BCUT2D eigenvalue weighted by Crippen LogP contribution is -2.33. The van der Waals surface area contributed by atoms with Gasteiger partial charge in [-0.3, -0.25) is 9.35 Å². The second-order valence-corrected chi connectivity index (χ2v) is 6.86. The van der Waals surface area contributed by atoms with Gasteiger partial charge >= 0.3 is 5.97 Å². The third-order valence-electron chi connectivity index (χ3n) is 2.69. The monoisotopic (exact) mass is 343 g/mol. The first-order valence-electron chi connectivity index (χ1n) is 7.15. The summed E-state index contributed by atoms with van der Waals surface area (Å²) in [5, 5.41) is 0. The number of hydrogen-bond acceptors (Lipinski definition) is 5. The van der Waals surface area contributed by atoms with Gasteiger partial charge in [0.2, 0.25) is 0 Å². The number of ether oxygens (including phenoxy) is 1. The van der Waals surface area contributed by atoms with Crippen LogP contribution in [0.3, 0.4) is 0 Å². The van der Waals surface area contributed by atoms with E-state index < -0.39 is 16.2 Å². The molecule has 1 rings (SSSR count). The Labute approximate surface area is 138 Å². The predicted octanol–water partition coefficient (Wildman–Crippen LogP) is 2.33. The topological polar surface area (TPSA) is 107 Å². The van der Waals surface area contributed by atoms with E-state index in [1.54, 1.807) is 12.1 Å². The molecule has 0 aliphatic rings. The van der Waals surface area contributed by atoms with E-state index in [0.717, 1.165) is 5.56 Å². The highest BCUT2D eigenvalue weighted by Crippen LogP contribution is 2.08. The molecular weight excluding hydrogens is 318 g/mol. The number of rotatable bonds is 6. The number of benzene rings is 1. The molecule has 3 N–H and O–H groups in total. The fraction of sp³-hybridized carbons (Fsp3) is 0.438. The number of esters is 1. The average molecular weight is 343 g/mol. The van der Waals surface area contributed by atoms with Crippen molar-refractivity contribution in [2.75, 3.05) is 6.61 Å². The first-order chi connectivity index (χ1) is 10.6. The lowest BCUT2D eigenvalue weighted by Gasteiger charge is -2.11. The summed E-state index contributed by atoms with van der Waals surface area (Å²) in [5.74, 6) is 0.0693. The van der Waals surface area contributed by atoms with E-state index in [1.807, 2.05) is 20.8 Å². The maximum atomic E-state index is 11.0. The van der Waals surface area contributed by atoms with Crippen LogP contribution in [0.2, 0.25) is 0 Å². The molecule has 1 aromatic carbocycles. The normalized spacial score (nSPS) is 12.1. The quantitative estimate of drug-likeness (QED) is 0.466. The molecule has 0 radical (unpaired) electrons. The van der Waals surface area contributed by atoms with Gasteiger partial charge in [-0.15, -0.1) is 0 Å². The zero-order chi connectivity index (χ0) is 18.0. The molecule has 0 fully saturated rings. The van der Waals surface area contributed by atoms with Crippen molar-refractivity contribution in [3.63, 3.8) is 0 Å². The van der Waals surface area contributed by atoms with E-state index in [0.29, 0.717) is 12.3 Å². The largest absolute Gasteiger partial charge is 0.460 e. The standard InChI is InChI=1S/C9H17NO2.C7H8O3S/c1-4-5-12-9(11)8(10)6-7(2)3;1-6-2-4-7(5-3-6)11(8,9)10/h4,7-8H,1,5-6,10H2,2-3H3;2-5H,1H3,(H,8,9,10). The molecule has 0 heterocycles. The zero-order valence-corrected chi connectivity index (χ0v) is 14.5. The lowest BCUT2D eigenvalue weighted by atomic mass is 10.1. The fourth-order valence-corrected chi connectivity index (χ4v) is 2.04. The molecule has 0 saturated heterocycles. The van der Waals surface area contributed by atoms with E-state index in [-0.39, 0.29) is 17.5 Å². The van der Waals surface area contributed by atoms with Crippen molar-refractivity contribution < 1.29 is 22.5 Å². The summed E-state index contributed by atoms with van der Waals surface area (Å²) in [6, 6.07) is 5.49. The van der Waals surface area contributed by atoms with Crippen LogP contribution in [-0.4, -0.2) is 31.6 Å². The molecule has 7 heteroatoms. The average Bonchev–Trinajstić information content (AvgIpc) is 2.44. The molecule has 0 aliphatic carbocycles. The summed E-state index contributed by atoms with van der Waals surface area (Å²) in [4.78, 5) is 11.0. The van der Waals surface area contributed by atoms with Gasteiger partial charge in [-0.25, -0.2) is 0 Å². The number of hydrogen-bond donors (Lipinski definition) is 2. The van der Waals surface area contributed by atoms with Gasteiger partial charge in [0.1, 0.15) is 12.6 Å². The van der Waals surface area contributed by atoms with E-state index in [4.69, 9.17) is 15.0 Å². The highest BCUT2D eigenvalue weighted by molar-refractivity contribution is 7.85. The maximum absolute atomic E-state index is 11.0. The molecule has 130 valence electrons. The Bertz CT molecular complexity index is 593. The third-order valence-corrected chi connectivity index (χ3v) is 3.56. The molecule has 0 spiro atoms. The highest BCUT2D eigenvalue weighted by Gasteiger charge is 2.15. The zero-order valence-electron chi connectivity index (χ0n) is 13.7. The second kappa shape index (κ2) is 10.1. The first-order valence-corrected chi connectivity index (χ1v) is 8.59. The van der Waals surface area contributed by atoms with Crippen LogP contribution in [0.5, 0.6) is 0 Å². The molecule has 0 saturated carbocycles. The van der Waals surface area contributed by atoms with Crippen LogP contribution < -0.4 is 5.73 Å². The second-order valence-electron chi connectivity index (χ2n) is 5.44. The van der Waals surface area contributed by atoms with Crippen LogP contribution in [0.4, 0.5) is 0 Å². The molecule has 0 aromatic heterocycles. The first kappa shape index (κ1) is 21.3. The SMILES string of the molecule is C=CCOC(=O)C(N)CC(C)C.Cc1ccc(S(=O)(=O)O)cc1. The number of aryl methyl sites for hydroxylation is 1. The molecule has 6 nitrogen and oxygen atoms in total. The van der Waals surface area contributed by atoms with E-state index >= 15 is 0 Å².